The van der Waals surface area contributed by atoms with Crippen molar-refractivity contribution in [1.29, 1.82) is 0 Å². The molecule has 6 heteroatoms. The summed E-state index contributed by atoms with van der Waals surface area (Å²) >= 11 is 0. The number of nitrogens with two attached hydrogens (primary N) is 2. The number of aromatic nitrogens is 2. The molecule has 2 fully saturated rings. The van der Waals surface area contributed by atoms with Crippen molar-refractivity contribution in [3.8, 4) is 22.6 Å². The Balaban J connectivity index is 1.51. The van der Waals surface area contributed by atoms with Crippen LogP contribution >= 0.6 is 0 Å². The fourth-order valence-corrected chi connectivity index (χ4v) is 5.60. The van der Waals surface area contributed by atoms with Crippen LogP contribution in [0.1, 0.15) is 62.5 Å². The van der Waals surface area contributed by atoms with Gasteiger partial charge >= 0.3 is 0 Å². The Morgan fingerprint density at radius 1 is 0.824 bits per heavy atom. The van der Waals surface area contributed by atoms with E-state index in [-0.39, 0.29) is 23.5 Å². The molecule has 0 atom stereocenters. The van der Waals surface area contributed by atoms with Gasteiger partial charge in [-0.3, -0.25) is 0 Å². The van der Waals surface area contributed by atoms with E-state index in [9.17, 15) is 0 Å². The molecule has 2 aliphatic rings. The van der Waals surface area contributed by atoms with Crippen LogP contribution in [0.2, 0.25) is 0 Å². The second kappa shape index (κ2) is 9.63. The van der Waals surface area contributed by atoms with E-state index in [2.05, 4.69) is 52.4 Å². The van der Waals surface area contributed by atoms with Gasteiger partial charge in [-0.25, -0.2) is 9.97 Å². The summed E-state index contributed by atoms with van der Waals surface area (Å²) in [4.78, 5) is 8.26. The zero-order valence-electron chi connectivity index (χ0n) is 19.9. The third-order valence-electron chi connectivity index (χ3n) is 7.64. The molecule has 0 amide bonds. The lowest BCUT2D eigenvalue weighted by Gasteiger charge is -2.41. The van der Waals surface area contributed by atoms with Crippen LogP contribution in [0, 0.1) is 0 Å². The zero-order chi connectivity index (χ0) is 23.5. The summed E-state index contributed by atoms with van der Waals surface area (Å²) in [6.07, 6.45) is 12.5. The molecule has 178 valence electrons. The summed E-state index contributed by atoms with van der Waals surface area (Å²) in [5.74, 6) is 1.95. The molecule has 5 rings (SSSR count). The fraction of sp³-hybridized carbons (Fsp3) is 0.429. The van der Waals surface area contributed by atoms with Crippen LogP contribution in [0.15, 0.2) is 54.9 Å². The van der Waals surface area contributed by atoms with Gasteiger partial charge in [0, 0.05) is 29.4 Å². The quantitative estimate of drug-likeness (QED) is 0.524. The maximum atomic E-state index is 6.44. The van der Waals surface area contributed by atoms with Gasteiger partial charge in [-0.05, 0) is 80.2 Å². The highest BCUT2D eigenvalue weighted by molar-refractivity contribution is 5.63. The minimum atomic E-state index is -0.105. The first-order valence-electron chi connectivity index (χ1n) is 12.4. The van der Waals surface area contributed by atoms with Crippen molar-refractivity contribution in [3.05, 3.63) is 66.0 Å². The average Bonchev–Trinajstić information content (AvgIpc) is 3.38. The highest BCUT2D eigenvalue weighted by Gasteiger charge is 2.38. The van der Waals surface area contributed by atoms with Gasteiger partial charge in [0.1, 0.15) is 0 Å². The van der Waals surface area contributed by atoms with Crippen molar-refractivity contribution in [1.82, 2.24) is 9.97 Å². The van der Waals surface area contributed by atoms with Crippen LogP contribution in [-0.4, -0.2) is 29.2 Å². The minimum Gasteiger partial charge on any atom is -0.493 e. The van der Waals surface area contributed by atoms with E-state index < -0.39 is 0 Å². The number of hydrogen-bond acceptors (Lipinski definition) is 6. The number of benzene rings is 2. The molecule has 2 saturated carbocycles. The third-order valence-corrected chi connectivity index (χ3v) is 7.64. The second-order valence-electron chi connectivity index (χ2n) is 9.72. The van der Waals surface area contributed by atoms with Gasteiger partial charge in [-0.1, -0.05) is 30.3 Å². The maximum absolute atomic E-state index is 6.44. The fourth-order valence-electron chi connectivity index (χ4n) is 5.60. The van der Waals surface area contributed by atoms with Crippen LogP contribution in [0.5, 0.6) is 11.5 Å². The lowest BCUT2D eigenvalue weighted by Crippen LogP contribution is -2.38. The van der Waals surface area contributed by atoms with Gasteiger partial charge in [0.05, 0.1) is 13.2 Å². The number of anilines is 1. The first-order valence-corrected chi connectivity index (χ1v) is 12.4. The Morgan fingerprint density at radius 2 is 1.47 bits per heavy atom. The number of hydrogen-bond donors (Lipinski definition) is 2. The molecule has 2 aromatic carbocycles. The summed E-state index contributed by atoms with van der Waals surface area (Å²) in [5, 5.41) is 0. The van der Waals surface area contributed by atoms with Gasteiger partial charge in [0.15, 0.2) is 11.5 Å². The number of rotatable bonds is 6. The summed E-state index contributed by atoms with van der Waals surface area (Å²) < 4.78 is 12.1. The molecule has 0 aliphatic heterocycles. The zero-order valence-corrected chi connectivity index (χ0v) is 19.9. The van der Waals surface area contributed by atoms with Crippen LogP contribution in [0.25, 0.3) is 11.1 Å². The molecule has 3 aromatic rings. The molecule has 1 aromatic heterocycles. The van der Waals surface area contributed by atoms with Crippen molar-refractivity contribution in [2.45, 2.75) is 68.9 Å². The molecular weight excluding hydrogens is 424 g/mol. The largest absolute Gasteiger partial charge is 0.493 e. The SMILES string of the molecule is COc1ccc([C@]2(c3ccc(-c4cnc(N)nc4)cc3)CC[C@H](N)CC2)cc1OC1CCCC1. The Bertz CT molecular complexity index is 1100. The highest BCUT2D eigenvalue weighted by atomic mass is 16.5. The highest BCUT2D eigenvalue weighted by Crippen LogP contribution is 2.47. The van der Waals surface area contributed by atoms with E-state index in [1.807, 2.05) is 0 Å². The summed E-state index contributed by atoms with van der Waals surface area (Å²) in [6, 6.07) is 15.5. The van der Waals surface area contributed by atoms with E-state index >= 15 is 0 Å². The van der Waals surface area contributed by atoms with Crippen molar-refractivity contribution >= 4 is 5.95 Å². The molecule has 6 nitrogen and oxygen atoms in total. The molecule has 0 spiro atoms. The van der Waals surface area contributed by atoms with E-state index in [1.165, 1.54) is 24.0 Å². The van der Waals surface area contributed by atoms with Crippen molar-refractivity contribution in [2.24, 2.45) is 5.73 Å². The predicted molar refractivity (Wildman–Crippen MR) is 135 cm³/mol. The van der Waals surface area contributed by atoms with Crippen LogP contribution < -0.4 is 20.9 Å². The van der Waals surface area contributed by atoms with Gasteiger partial charge in [-0.15, -0.1) is 0 Å². The van der Waals surface area contributed by atoms with Crippen molar-refractivity contribution in [3.63, 3.8) is 0 Å². The monoisotopic (exact) mass is 458 g/mol. The molecule has 0 saturated heterocycles. The summed E-state index contributed by atoms with van der Waals surface area (Å²) in [7, 11) is 1.71. The Labute approximate surface area is 201 Å². The van der Waals surface area contributed by atoms with Crippen LogP contribution in [0.4, 0.5) is 5.95 Å². The number of nitrogens with zero attached hydrogens (tertiary/aromatic N) is 2. The molecule has 4 N–H and O–H groups in total. The molecule has 1 heterocycles. The van der Waals surface area contributed by atoms with E-state index in [4.69, 9.17) is 20.9 Å². The normalized spacial score (nSPS) is 23.1. The summed E-state index contributed by atoms with van der Waals surface area (Å²) in [5.41, 5.74) is 16.5. The molecule has 0 bridgehead atoms. The predicted octanol–water partition coefficient (Wildman–Crippen LogP) is 5.24. The van der Waals surface area contributed by atoms with Crippen LogP contribution in [0.3, 0.4) is 0 Å². The Hall–Kier alpha value is -3.12. The van der Waals surface area contributed by atoms with Crippen molar-refractivity contribution in [2.75, 3.05) is 12.8 Å². The number of ether oxygens (including phenoxy) is 2. The number of methoxy groups -OCH3 is 1. The van der Waals surface area contributed by atoms with Crippen molar-refractivity contribution < 1.29 is 9.47 Å². The van der Waals surface area contributed by atoms with Crippen LogP contribution in [-0.2, 0) is 5.41 Å². The topological polar surface area (TPSA) is 96.3 Å². The second-order valence-corrected chi connectivity index (χ2v) is 9.72. The third kappa shape index (κ3) is 4.47. The van der Waals surface area contributed by atoms with Gasteiger partial charge in [-0.2, -0.15) is 0 Å². The van der Waals surface area contributed by atoms with E-state index in [0.29, 0.717) is 0 Å². The standard InChI is InChI=1S/C28H34N4O2/c1-33-25-11-10-22(16-26(25)34-24-4-2-3-5-24)28(14-12-23(29)13-15-28)21-8-6-19(7-9-21)20-17-31-27(30)32-18-20/h6-11,16-18,23-24H,2-5,12-15,29H2,1H3,(H2,30,31,32)/t23-,28+. The lowest BCUT2D eigenvalue weighted by atomic mass is 9.64. The molecule has 0 radical (unpaired) electrons. The summed E-state index contributed by atoms with van der Waals surface area (Å²) in [6.45, 7) is 0. The van der Waals surface area contributed by atoms with E-state index in [1.54, 1.807) is 19.5 Å². The lowest BCUT2D eigenvalue weighted by molar-refractivity contribution is 0.200. The molecule has 2 aliphatic carbocycles. The van der Waals surface area contributed by atoms with Gasteiger partial charge in [0.25, 0.3) is 0 Å². The van der Waals surface area contributed by atoms with Gasteiger partial charge in [0.2, 0.25) is 5.95 Å². The molecule has 0 unspecified atom stereocenters. The maximum Gasteiger partial charge on any atom is 0.219 e. The Kier molecular flexibility index (Phi) is 6.42. The van der Waals surface area contributed by atoms with E-state index in [0.717, 1.165) is 61.2 Å². The first-order chi connectivity index (χ1) is 16.6. The minimum absolute atomic E-state index is 0.105. The number of nitrogen functional groups attached to an aromatic ring is 1. The molecular formula is C28H34N4O2. The smallest absolute Gasteiger partial charge is 0.219 e. The van der Waals surface area contributed by atoms with Gasteiger partial charge < -0.3 is 20.9 Å². The Morgan fingerprint density at radius 3 is 2.12 bits per heavy atom. The average molecular weight is 459 g/mol. The molecule has 34 heavy (non-hydrogen) atoms. The first kappa shape index (κ1) is 22.7.